The monoisotopic (exact) mass is 474 g/mol. The number of carbonyl (C=O) groups excluding carboxylic acids is 2. The maximum atomic E-state index is 14.8. The molecule has 2 N–H and O–H groups in total. The minimum atomic E-state index is -0.604. The zero-order valence-corrected chi connectivity index (χ0v) is 18.3. The third-order valence-corrected chi connectivity index (χ3v) is 5.59. The zero-order chi connectivity index (χ0) is 23.0. The van der Waals surface area contributed by atoms with E-state index in [1.807, 2.05) is 0 Å². The lowest BCUT2D eigenvalue weighted by molar-refractivity contribution is -0.122. The summed E-state index contributed by atoms with van der Waals surface area (Å²) in [7, 11) is 0. The molecule has 0 spiro atoms. The van der Waals surface area contributed by atoms with Crippen LogP contribution in [0.4, 0.5) is 4.39 Å². The standard InChI is InChI=1S/C22H17Cl2FN4O3/c1-11(12-3-2-4-14(30)5-12)27-19(31)10-29-9-16-15(21(29)32)6-13(7-18(16)25)20-17(23)8-26-22(24)28-20/h2-8,11,30H,9-10H2,1H3,(H,27,31). The summed E-state index contributed by atoms with van der Waals surface area (Å²) in [6, 6.07) is 8.84. The molecule has 1 unspecified atom stereocenters. The molecule has 1 aliphatic rings. The van der Waals surface area contributed by atoms with Gasteiger partial charge in [-0.1, -0.05) is 23.7 Å². The topological polar surface area (TPSA) is 95.4 Å². The Kier molecular flexibility index (Phi) is 5.99. The van der Waals surface area contributed by atoms with Crippen molar-refractivity contribution < 1.29 is 19.1 Å². The van der Waals surface area contributed by atoms with Crippen molar-refractivity contribution in [2.45, 2.75) is 19.5 Å². The van der Waals surface area contributed by atoms with Crippen LogP contribution in [0.3, 0.4) is 0 Å². The van der Waals surface area contributed by atoms with Crippen molar-refractivity contribution in [1.29, 1.82) is 0 Å². The molecule has 0 saturated carbocycles. The Balaban J connectivity index is 1.51. The summed E-state index contributed by atoms with van der Waals surface area (Å²) in [5.41, 5.74) is 1.54. The van der Waals surface area contributed by atoms with Crippen molar-refractivity contribution >= 4 is 35.0 Å². The molecule has 2 amide bonds. The van der Waals surface area contributed by atoms with Gasteiger partial charge >= 0.3 is 0 Å². The highest BCUT2D eigenvalue weighted by molar-refractivity contribution is 6.33. The molecule has 10 heteroatoms. The number of hydrogen-bond acceptors (Lipinski definition) is 5. The molecular weight excluding hydrogens is 458 g/mol. The molecule has 0 saturated heterocycles. The summed E-state index contributed by atoms with van der Waals surface area (Å²) in [5, 5.41) is 12.5. The third kappa shape index (κ3) is 4.37. The number of halogens is 3. The number of aromatic nitrogens is 2. The second-order valence-corrected chi connectivity index (χ2v) is 8.11. The molecule has 0 aliphatic carbocycles. The van der Waals surface area contributed by atoms with Crippen LogP contribution in [0.15, 0.2) is 42.6 Å². The van der Waals surface area contributed by atoms with Gasteiger partial charge in [-0.05, 0) is 48.4 Å². The molecule has 1 aliphatic heterocycles. The van der Waals surface area contributed by atoms with E-state index in [9.17, 15) is 19.1 Å². The Hall–Kier alpha value is -3.23. The average molecular weight is 475 g/mol. The molecule has 0 radical (unpaired) electrons. The second kappa shape index (κ2) is 8.72. The molecule has 32 heavy (non-hydrogen) atoms. The largest absolute Gasteiger partial charge is 0.508 e. The molecule has 7 nitrogen and oxygen atoms in total. The number of phenolic OH excluding ortho intramolecular Hbond substituents is 1. The zero-order valence-electron chi connectivity index (χ0n) is 16.8. The van der Waals surface area contributed by atoms with Crippen LogP contribution in [-0.4, -0.2) is 38.3 Å². The van der Waals surface area contributed by atoms with Crippen LogP contribution in [0, 0.1) is 5.82 Å². The number of aromatic hydroxyl groups is 1. The Labute approximate surface area is 192 Å². The van der Waals surface area contributed by atoms with Gasteiger partial charge in [-0.3, -0.25) is 9.59 Å². The van der Waals surface area contributed by atoms with E-state index in [4.69, 9.17) is 23.2 Å². The van der Waals surface area contributed by atoms with Gasteiger partial charge < -0.3 is 15.3 Å². The minimum absolute atomic E-state index is 0.0352. The van der Waals surface area contributed by atoms with Gasteiger partial charge in [-0.2, -0.15) is 0 Å². The van der Waals surface area contributed by atoms with E-state index in [0.29, 0.717) is 5.56 Å². The molecule has 3 aromatic rings. The molecule has 2 aromatic carbocycles. The first kappa shape index (κ1) is 22.0. The summed E-state index contributed by atoms with van der Waals surface area (Å²) in [5.74, 6) is -1.40. The van der Waals surface area contributed by atoms with Crippen LogP contribution < -0.4 is 5.32 Å². The number of carbonyl (C=O) groups is 2. The molecule has 164 valence electrons. The predicted octanol–water partition coefficient (Wildman–Crippen LogP) is 4.13. The number of amides is 2. The van der Waals surface area contributed by atoms with Gasteiger partial charge in [0.2, 0.25) is 11.2 Å². The predicted molar refractivity (Wildman–Crippen MR) is 117 cm³/mol. The molecule has 1 atom stereocenters. The normalized spacial score (nSPS) is 13.8. The first-order valence-corrected chi connectivity index (χ1v) is 10.4. The van der Waals surface area contributed by atoms with Gasteiger partial charge in [0.25, 0.3) is 5.91 Å². The van der Waals surface area contributed by atoms with Crippen LogP contribution >= 0.6 is 23.2 Å². The molecule has 2 heterocycles. The number of benzene rings is 2. The minimum Gasteiger partial charge on any atom is -0.508 e. The second-order valence-electron chi connectivity index (χ2n) is 7.37. The summed E-state index contributed by atoms with van der Waals surface area (Å²) in [6.07, 6.45) is 1.30. The Bertz CT molecular complexity index is 1240. The smallest absolute Gasteiger partial charge is 0.255 e. The summed E-state index contributed by atoms with van der Waals surface area (Å²) in [4.78, 5) is 34.4. The lowest BCUT2D eigenvalue weighted by atomic mass is 10.0. The summed E-state index contributed by atoms with van der Waals surface area (Å²) in [6.45, 7) is 1.48. The van der Waals surface area contributed by atoms with Crippen LogP contribution in [0.2, 0.25) is 10.3 Å². The van der Waals surface area contributed by atoms with Gasteiger partial charge in [0.15, 0.2) is 0 Å². The Morgan fingerprint density at radius 1 is 1.31 bits per heavy atom. The van der Waals surface area contributed by atoms with E-state index in [-0.39, 0.29) is 57.6 Å². The van der Waals surface area contributed by atoms with Gasteiger partial charge in [0.1, 0.15) is 18.1 Å². The van der Waals surface area contributed by atoms with E-state index in [2.05, 4.69) is 15.3 Å². The van der Waals surface area contributed by atoms with Crippen LogP contribution in [0.1, 0.15) is 34.5 Å². The summed E-state index contributed by atoms with van der Waals surface area (Å²) < 4.78 is 14.8. The number of phenols is 1. The van der Waals surface area contributed by atoms with E-state index in [1.165, 1.54) is 29.3 Å². The van der Waals surface area contributed by atoms with Crippen molar-refractivity contribution in [3.8, 4) is 17.0 Å². The third-order valence-electron chi connectivity index (χ3n) is 5.13. The van der Waals surface area contributed by atoms with Gasteiger partial charge in [0.05, 0.1) is 29.5 Å². The van der Waals surface area contributed by atoms with Gasteiger partial charge in [0, 0.05) is 16.7 Å². The highest BCUT2D eigenvalue weighted by atomic mass is 35.5. The van der Waals surface area contributed by atoms with Gasteiger partial charge in [-0.25, -0.2) is 14.4 Å². The number of nitrogens with one attached hydrogen (secondary N) is 1. The number of fused-ring (bicyclic) bond motifs is 1. The first-order chi connectivity index (χ1) is 15.2. The summed E-state index contributed by atoms with van der Waals surface area (Å²) >= 11 is 11.9. The van der Waals surface area contributed by atoms with Gasteiger partial charge in [-0.15, -0.1) is 0 Å². The van der Waals surface area contributed by atoms with Crippen LogP contribution in [0.25, 0.3) is 11.3 Å². The van der Waals surface area contributed by atoms with E-state index in [0.717, 1.165) is 0 Å². The number of rotatable bonds is 5. The first-order valence-electron chi connectivity index (χ1n) is 9.61. The average Bonchev–Trinajstić information content (AvgIpc) is 3.05. The fourth-order valence-corrected chi connectivity index (χ4v) is 3.90. The quantitative estimate of drug-likeness (QED) is 0.542. The molecule has 1 aromatic heterocycles. The molecular formula is C22H17Cl2FN4O3. The van der Waals surface area contributed by atoms with Crippen molar-refractivity contribution in [1.82, 2.24) is 20.2 Å². The molecule has 0 fully saturated rings. The van der Waals surface area contributed by atoms with E-state index < -0.39 is 17.6 Å². The number of hydrogen-bond donors (Lipinski definition) is 2. The van der Waals surface area contributed by atoms with Crippen molar-refractivity contribution in [3.63, 3.8) is 0 Å². The molecule has 4 rings (SSSR count). The highest BCUT2D eigenvalue weighted by Crippen LogP contribution is 2.33. The lowest BCUT2D eigenvalue weighted by Crippen LogP contribution is -2.38. The number of nitrogens with zero attached hydrogens (tertiary/aromatic N) is 3. The maximum Gasteiger partial charge on any atom is 0.255 e. The van der Waals surface area contributed by atoms with Crippen molar-refractivity contribution in [2.75, 3.05) is 6.54 Å². The van der Waals surface area contributed by atoms with Crippen LogP contribution in [0.5, 0.6) is 5.75 Å². The Morgan fingerprint density at radius 3 is 2.84 bits per heavy atom. The SMILES string of the molecule is CC(NC(=O)CN1Cc2c(F)cc(-c3nc(Cl)ncc3Cl)cc2C1=O)c1cccc(O)c1. The Morgan fingerprint density at radius 2 is 2.09 bits per heavy atom. The fourth-order valence-electron chi connectivity index (χ4n) is 3.57. The van der Waals surface area contributed by atoms with E-state index in [1.54, 1.807) is 25.1 Å². The van der Waals surface area contributed by atoms with Crippen molar-refractivity contribution in [2.24, 2.45) is 0 Å². The van der Waals surface area contributed by atoms with E-state index >= 15 is 0 Å². The molecule has 0 bridgehead atoms. The van der Waals surface area contributed by atoms with Crippen LogP contribution in [-0.2, 0) is 11.3 Å². The maximum absolute atomic E-state index is 14.8. The highest BCUT2D eigenvalue weighted by Gasteiger charge is 2.32. The lowest BCUT2D eigenvalue weighted by Gasteiger charge is -2.19. The fraction of sp³-hybridized carbons (Fsp3) is 0.182. The van der Waals surface area contributed by atoms with Crippen molar-refractivity contribution in [3.05, 3.63) is 75.4 Å².